The third-order valence-electron chi connectivity index (χ3n) is 5.11. The van der Waals surface area contributed by atoms with E-state index in [4.69, 9.17) is 0 Å². The number of thiophene rings is 1. The van der Waals surface area contributed by atoms with Gasteiger partial charge in [-0.25, -0.2) is 9.97 Å². The molecule has 2 aromatic heterocycles. The molecule has 4 rings (SSSR count). The summed E-state index contributed by atoms with van der Waals surface area (Å²) in [7, 11) is 0. The predicted octanol–water partition coefficient (Wildman–Crippen LogP) is 6.04. The molecular formula is C24H24N4OS. The van der Waals surface area contributed by atoms with Gasteiger partial charge in [0.15, 0.2) is 0 Å². The van der Waals surface area contributed by atoms with Crippen LogP contribution in [0.4, 0.5) is 11.4 Å². The molecule has 0 fully saturated rings. The molecule has 5 nitrogen and oxygen atoms in total. The Labute approximate surface area is 180 Å². The van der Waals surface area contributed by atoms with Crippen LogP contribution in [-0.2, 0) is 0 Å². The van der Waals surface area contributed by atoms with Crippen LogP contribution in [0.3, 0.4) is 0 Å². The average Bonchev–Trinajstić information content (AvgIpc) is 3.06. The van der Waals surface area contributed by atoms with Gasteiger partial charge in [0.05, 0.1) is 4.88 Å². The normalized spacial score (nSPS) is 12.0. The van der Waals surface area contributed by atoms with Gasteiger partial charge in [0.2, 0.25) is 0 Å². The molecule has 0 spiro atoms. The Morgan fingerprint density at radius 2 is 1.60 bits per heavy atom. The van der Waals surface area contributed by atoms with Crippen LogP contribution < -0.4 is 10.6 Å². The number of benzene rings is 2. The van der Waals surface area contributed by atoms with E-state index in [2.05, 4.69) is 39.7 Å². The zero-order valence-electron chi connectivity index (χ0n) is 17.5. The highest BCUT2D eigenvalue weighted by atomic mass is 32.1. The molecule has 1 unspecified atom stereocenters. The van der Waals surface area contributed by atoms with Crippen LogP contribution in [0, 0.1) is 20.8 Å². The van der Waals surface area contributed by atoms with Crippen molar-refractivity contribution < 1.29 is 4.79 Å². The second-order valence-corrected chi connectivity index (χ2v) is 8.40. The lowest BCUT2D eigenvalue weighted by atomic mass is 10.1. The molecule has 0 aliphatic heterocycles. The summed E-state index contributed by atoms with van der Waals surface area (Å²) in [6.07, 6.45) is 0. The van der Waals surface area contributed by atoms with Crippen molar-refractivity contribution in [3.05, 3.63) is 82.1 Å². The Bertz CT molecular complexity index is 1200. The van der Waals surface area contributed by atoms with Crippen molar-refractivity contribution in [1.82, 2.24) is 9.97 Å². The fraction of sp³-hybridized carbons (Fsp3) is 0.208. The SMILES string of the molecule is Cc1nc(C)c2c(C)c(C(=O)Nc3ccc(NC(C)c4ccccc4)cc3)sc2n1. The number of aromatic nitrogens is 2. The van der Waals surface area contributed by atoms with Gasteiger partial charge in [-0.2, -0.15) is 0 Å². The molecule has 0 saturated heterocycles. The van der Waals surface area contributed by atoms with E-state index in [-0.39, 0.29) is 11.9 Å². The molecule has 30 heavy (non-hydrogen) atoms. The summed E-state index contributed by atoms with van der Waals surface area (Å²) < 4.78 is 0. The maximum absolute atomic E-state index is 12.9. The van der Waals surface area contributed by atoms with Crippen molar-refractivity contribution in [2.24, 2.45) is 0 Å². The first-order chi connectivity index (χ1) is 14.4. The number of aryl methyl sites for hydroxylation is 3. The van der Waals surface area contributed by atoms with Crippen LogP contribution in [0.5, 0.6) is 0 Å². The number of rotatable bonds is 5. The van der Waals surface area contributed by atoms with Gasteiger partial charge >= 0.3 is 0 Å². The molecule has 4 aromatic rings. The second kappa shape index (κ2) is 8.24. The minimum Gasteiger partial charge on any atom is -0.379 e. The van der Waals surface area contributed by atoms with E-state index in [1.54, 1.807) is 0 Å². The number of carbonyl (C=O) groups excluding carboxylic acids is 1. The first-order valence-electron chi connectivity index (χ1n) is 9.89. The van der Waals surface area contributed by atoms with E-state index in [1.807, 2.05) is 63.2 Å². The molecular weight excluding hydrogens is 392 g/mol. The Kier molecular flexibility index (Phi) is 5.50. The van der Waals surface area contributed by atoms with Gasteiger partial charge in [0, 0.05) is 28.5 Å². The van der Waals surface area contributed by atoms with Crippen molar-refractivity contribution >= 4 is 38.8 Å². The van der Waals surface area contributed by atoms with Gasteiger partial charge < -0.3 is 10.6 Å². The molecule has 152 valence electrons. The monoisotopic (exact) mass is 416 g/mol. The third kappa shape index (κ3) is 4.04. The quantitative estimate of drug-likeness (QED) is 0.416. The fourth-order valence-electron chi connectivity index (χ4n) is 3.60. The zero-order chi connectivity index (χ0) is 21.3. The maximum Gasteiger partial charge on any atom is 0.266 e. The Hall–Kier alpha value is -3.25. The predicted molar refractivity (Wildman–Crippen MR) is 125 cm³/mol. The Balaban J connectivity index is 1.48. The summed E-state index contributed by atoms with van der Waals surface area (Å²) in [5.74, 6) is 0.604. The van der Waals surface area contributed by atoms with Gasteiger partial charge in [-0.05, 0) is 63.1 Å². The van der Waals surface area contributed by atoms with Gasteiger partial charge in [0.25, 0.3) is 5.91 Å². The molecule has 2 N–H and O–H groups in total. The van der Waals surface area contributed by atoms with Crippen LogP contribution in [0.25, 0.3) is 10.2 Å². The van der Waals surface area contributed by atoms with E-state index < -0.39 is 0 Å². The van der Waals surface area contributed by atoms with E-state index >= 15 is 0 Å². The minimum absolute atomic E-state index is 0.120. The lowest BCUT2D eigenvalue weighted by molar-refractivity contribution is 0.103. The summed E-state index contributed by atoms with van der Waals surface area (Å²) in [5.41, 5.74) is 4.83. The molecule has 1 amide bonds. The number of nitrogens with one attached hydrogen (secondary N) is 2. The summed E-state index contributed by atoms with van der Waals surface area (Å²) in [4.78, 5) is 23.3. The maximum atomic E-state index is 12.9. The second-order valence-electron chi connectivity index (χ2n) is 7.40. The van der Waals surface area contributed by atoms with Crippen molar-refractivity contribution in [3.8, 4) is 0 Å². The Morgan fingerprint density at radius 3 is 2.30 bits per heavy atom. The number of anilines is 2. The zero-order valence-corrected chi connectivity index (χ0v) is 18.3. The van der Waals surface area contributed by atoms with Gasteiger partial charge in [0.1, 0.15) is 10.7 Å². The topological polar surface area (TPSA) is 66.9 Å². The van der Waals surface area contributed by atoms with E-state index in [0.717, 1.165) is 38.7 Å². The lowest BCUT2D eigenvalue weighted by Crippen LogP contribution is -2.11. The summed E-state index contributed by atoms with van der Waals surface area (Å²) in [6.45, 7) is 7.91. The standard InChI is InChI=1S/C24H24N4OS/c1-14-21-16(3)25-17(4)27-24(21)30-22(14)23(29)28-20-12-10-19(11-13-20)26-15(2)18-8-6-5-7-9-18/h5-13,15,26H,1-4H3,(H,28,29). The van der Waals surface area contributed by atoms with E-state index in [9.17, 15) is 4.79 Å². The lowest BCUT2D eigenvalue weighted by Gasteiger charge is -2.16. The summed E-state index contributed by atoms with van der Waals surface area (Å²) in [6, 6.07) is 18.3. The molecule has 0 aliphatic carbocycles. The number of hydrogen-bond donors (Lipinski definition) is 2. The average molecular weight is 417 g/mol. The highest BCUT2D eigenvalue weighted by Gasteiger charge is 2.19. The van der Waals surface area contributed by atoms with Crippen molar-refractivity contribution in [2.45, 2.75) is 33.7 Å². The fourth-order valence-corrected chi connectivity index (χ4v) is 4.78. The molecule has 2 heterocycles. The van der Waals surface area contributed by atoms with Gasteiger partial charge in [-0.3, -0.25) is 4.79 Å². The summed E-state index contributed by atoms with van der Waals surface area (Å²) >= 11 is 1.41. The van der Waals surface area contributed by atoms with Crippen molar-refractivity contribution in [3.63, 3.8) is 0 Å². The third-order valence-corrected chi connectivity index (χ3v) is 6.30. The molecule has 0 saturated carbocycles. The van der Waals surface area contributed by atoms with Crippen molar-refractivity contribution in [1.29, 1.82) is 0 Å². The molecule has 0 radical (unpaired) electrons. The summed E-state index contributed by atoms with van der Waals surface area (Å²) in [5, 5.41) is 7.46. The first-order valence-corrected chi connectivity index (χ1v) is 10.7. The van der Waals surface area contributed by atoms with E-state index in [1.165, 1.54) is 16.9 Å². The highest BCUT2D eigenvalue weighted by Crippen LogP contribution is 2.32. The Morgan fingerprint density at radius 1 is 0.933 bits per heavy atom. The van der Waals surface area contributed by atoms with Gasteiger partial charge in [-0.15, -0.1) is 11.3 Å². The van der Waals surface area contributed by atoms with Gasteiger partial charge in [-0.1, -0.05) is 30.3 Å². The van der Waals surface area contributed by atoms with Crippen LogP contribution in [0.2, 0.25) is 0 Å². The van der Waals surface area contributed by atoms with Crippen LogP contribution in [0.1, 0.15) is 45.3 Å². The molecule has 2 aromatic carbocycles. The smallest absolute Gasteiger partial charge is 0.266 e. The minimum atomic E-state index is -0.120. The first kappa shape index (κ1) is 20.0. The largest absolute Gasteiger partial charge is 0.379 e. The molecule has 6 heteroatoms. The van der Waals surface area contributed by atoms with E-state index in [0.29, 0.717) is 4.88 Å². The molecule has 0 aliphatic rings. The van der Waals surface area contributed by atoms with Crippen LogP contribution in [-0.4, -0.2) is 15.9 Å². The number of hydrogen-bond acceptors (Lipinski definition) is 5. The highest BCUT2D eigenvalue weighted by molar-refractivity contribution is 7.20. The van der Waals surface area contributed by atoms with Crippen LogP contribution >= 0.6 is 11.3 Å². The molecule has 0 bridgehead atoms. The number of fused-ring (bicyclic) bond motifs is 1. The molecule has 1 atom stereocenters. The van der Waals surface area contributed by atoms with Crippen molar-refractivity contribution in [2.75, 3.05) is 10.6 Å². The van der Waals surface area contributed by atoms with Crippen LogP contribution in [0.15, 0.2) is 54.6 Å². The number of carbonyl (C=O) groups is 1. The number of amides is 1. The number of nitrogens with zero attached hydrogens (tertiary/aromatic N) is 2.